The molecule has 3 aliphatic rings. The highest BCUT2D eigenvalue weighted by molar-refractivity contribution is 5.79. The summed E-state index contributed by atoms with van der Waals surface area (Å²) >= 11 is 0. The summed E-state index contributed by atoms with van der Waals surface area (Å²) in [6.45, 7) is 2.41. The predicted molar refractivity (Wildman–Crippen MR) is 230 cm³/mol. The second-order valence-corrected chi connectivity index (χ2v) is 16.4. The standard InChI is InChI=1S/C50H60O13/c1-33(52)40-23-22-38(30-60-49-45(55)44(54)43(53)41(25-51)62-49)24-39(40)31-61-50-48(59-29-37-20-12-5-13-21-37)47(58-28-36-18-10-4-11-19-36)46(57-27-35-16-8-3-9-17-35)42(63-50)32-56-26-34-14-6-2-7-15-34/h2-21,24,39-51,53-55H,22-23,25-32H2,1H3/t39-,40-,41+,42+,43+,44-,45+,46-,47-,48+,49+,50+/m0/s1. The van der Waals surface area contributed by atoms with E-state index in [0.29, 0.717) is 19.4 Å². The van der Waals surface area contributed by atoms with Crippen molar-refractivity contribution in [2.24, 2.45) is 11.8 Å². The van der Waals surface area contributed by atoms with E-state index in [1.54, 1.807) is 6.92 Å². The third-order valence-corrected chi connectivity index (χ3v) is 11.8. The van der Waals surface area contributed by atoms with Crippen molar-refractivity contribution < 1.29 is 63.1 Å². The van der Waals surface area contributed by atoms with Gasteiger partial charge in [0, 0.05) is 11.8 Å². The van der Waals surface area contributed by atoms with E-state index in [4.69, 9.17) is 37.9 Å². The quantitative estimate of drug-likeness (QED) is 0.0821. The molecule has 0 saturated carbocycles. The van der Waals surface area contributed by atoms with Gasteiger partial charge in [-0.3, -0.25) is 4.79 Å². The average Bonchev–Trinajstić information content (AvgIpc) is 3.32. The van der Waals surface area contributed by atoms with Crippen LogP contribution in [-0.2, 0) is 69.1 Å². The number of benzene rings is 4. The van der Waals surface area contributed by atoms with E-state index in [9.17, 15) is 25.2 Å². The Bertz CT molecular complexity index is 1970. The highest BCUT2D eigenvalue weighted by Crippen LogP contribution is 2.35. The van der Waals surface area contributed by atoms with E-state index < -0.39 is 68.0 Å². The third-order valence-electron chi connectivity index (χ3n) is 11.8. The SMILES string of the molecule is CC(=O)[C@@H]1CCC(CO[C@@H]2O[C@H](CO)[C@@H](O)[C@H](O)[C@H]2O)=C[C@H]1CO[C@@H]1O[C@H](COCc2ccccc2)[C@H](OCc2ccccc2)[C@H](OCc2ccccc2)[C@H]1OCc1ccccc1. The Morgan fingerprint density at radius 1 is 0.556 bits per heavy atom. The van der Waals surface area contributed by atoms with Gasteiger partial charge in [0.05, 0.1) is 52.9 Å². The van der Waals surface area contributed by atoms with Crippen LogP contribution < -0.4 is 0 Å². The van der Waals surface area contributed by atoms with Crippen molar-refractivity contribution in [2.45, 2.75) is 108 Å². The summed E-state index contributed by atoms with van der Waals surface area (Å²) in [6.07, 6.45) is -7.74. The van der Waals surface area contributed by atoms with Crippen molar-refractivity contribution >= 4 is 5.78 Å². The fraction of sp³-hybridized carbons (Fsp3) is 0.460. The van der Waals surface area contributed by atoms with Gasteiger partial charge in [-0.2, -0.15) is 0 Å². The molecular formula is C50H60O13. The maximum absolute atomic E-state index is 13.1. The van der Waals surface area contributed by atoms with Gasteiger partial charge in [0.2, 0.25) is 0 Å². The van der Waals surface area contributed by atoms with E-state index in [1.807, 2.05) is 127 Å². The van der Waals surface area contributed by atoms with Gasteiger partial charge in [-0.15, -0.1) is 0 Å². The van der Waals surface area contributed by atoms with E-state index in [0.717, 1.165) is 27.8 Å². The van der Waals surface area contributed by atoms with Crippen LogP contribution in [-0.4, -0.2) is 114 Å². The molecule has 2 aliphatic heterocycles. The van der Waals surface area contributed by atoms with Gasteiger partial charge in [0.25, 0.3) is 0 Å². The van der Waals surface area contributed by atoms with Crippen LogP contribution in [0.5, 0.6) is 0 Å². The lowest BCUT2D eigenvalue weighted by Gasteiger charge is -2.46. The predicted octanol–water partition coefficient (Wildman–Crippen LogP) is 5.06. The molecule has 0 amide bonds. The Balaban J connectivity index is 1.16. The summed E-state index contributed by atoms with van der Waals surface area (Å²) in [7, 11) is 0. The van der Waals surface area contributed by atoms with Crippen molar-refractivity contribution in [3.63, 3.8) is 0 Å². The second-order valence-electron chi connectivity index (χ2n) is 16.4. The molecule has 1 aliphatic carbocycles. The number of ether oxygens (including phenoxy) is 8. The zero-order chi connectivity index (χ0) is 44.0. The first kappa shape index (κ1) is 46.8. The topological polar surface area (TPSA) is 172 Å². The molecule has 0 spiro atoms. The molecule has 12 atom stereocenters. The summed E-state index contributed by atoms with van der Waals surface area (Å²) in [5, 5.41) is 40.8. The fourth-order valence-corrected chi connectivity index (χ4v) is 8.33. The molecule has 13 nitrogen and oxygen atoms in total. The van der Waals surface area contributed by atoms with Crippen molar-refractivity contribution in [3.05, 3.63) is 155 Å². The maximum atomic E-state index is 13.1. The lowest BCUT2D eigenvalue weighted by Crippen LogP contribution is -2.62. The van der Waals surface area contributed by atoms with Crippen LogP contribution in [0.2, 0.25) is 0 Å². The first-order chi connectivity index (χ1) is 30.8. The largest absolute Gasteiger partial charge is 0.394 e. The van der Waals surface area contributed by atoms with Crippen LogP contribution in [0.1, 0.15) is 42.0 Å². The molecular weight excluding hydrogens is 809 g/mol. The van der Waals surface area contributed by atoms with Gasteiger partial charge < -0.3 is 58.3 Å². The van der Waals surface area contributed by atoms with E-state index >= 15 is 0 Å². The molecule has 4 aromatic carbocycles. The van der Waals surface area contributed by atoms with Crippen molar-refractivity contribution in [3.8, 4) is 0 Å². The molecule has 2 saturated heterocycles. The van der Waals surface area contributed by atoms with Crippen LogP contribution in [0.3, 0.4) is 0 Å². The van der Waals surface area contributed by atoms with Gasteiger partial charge >= 0.3 is 0 Å². The molecule has 2 fully saturated rings. The maximum Gasteiger partial charge on any atom is 0.187 e. The monoisotopic (exact) mass is 868 g/mol. The van der Waals surface area contributed by atoms with E-state index in [-0.39, 0.29) is 57.3 Å². The van der Waals surface area contributed by atoms with Crippen LogP contribution in [0.25, 0.3) is 0 Å². The molecule has 2 heterocycles. The van der Waals surface area contributed by atoms with Crippen LogP contribution in [0.15, 0.2) is 133 Å². The molecule has 7 rings (SSSR count). The summed E-state index contributed by atoms with van der Waals surface area (Å²) < 4.78 is 51.9. The summed E-state index contributed by atoms with van der Waals surface area (Å²) in [5.41, 5.74) is 4.75. The van der Waals surface area contributed by atoms with Gasteiger partial charge in [-0.25, -0.2) is 0 Å². The van der Waals surface area contributed by atoms with Crippen molar-refractivity contribution in [1.82, 2.24) is 0 Å². The highest BCUT2D eigenvalue weighted by atomic mass is 16.7. The van der Waals surface area contributed by atoms with Crippen LogP contribution >= 0.6 is 0 Å². The van der Waals surface area contributed by atoms with Crippen molar-refractivity contribution in [1.29, 1.82) is 0 Å². The Morgan fingerprint density at radius 3 is 1.60 bits per heavy atom. The molecule has 4 N–H and O–H groups in total. The third kappa shape index (κ3) is 13.0. The number of ketones is 1. The normalized spacial score (nSPS) is 29.8. The van der Waals surface area contributed by atoms with Gasteiger partial charge in [0.15, 0.2) is 12.6 Å². The lowest BCUT2D eigenvalue weighted by atomic mass is 9.79. The lowest BCUT2D eigenvalue weighted by molar-refractivity contribution is -0.330. The molecule has 0 radical (unpaired) electrons. The van der Waals surface area contributed by atoms with Gasteiger partial charge in [0.1, 0.15) is 54.6 Å². The highest BCUT2D eigenvalue weighted by Gasteiger charge is 2.50. The van der Waals surface area contributed by atoms with E-state index in [1.165, 1.54) is 0 Å². The minimum Gasteiger partial charge on any atom is -0.394 e. The number of aliphatic hydroxyl groups is 4. The Morgan fingerprint density at radius 2 is 1.06 bits per heavy atom. The molecule has 0 unspecified atom stereocenters. The molecule has 13 heteroatoms. The molecule has 0 aromatic heterocycles. The molecule has 4 aromatic rings. The first-order valence-corrected chi connectivity index (χ1v) is 21.7. The number of carbonyl (C=O) groups is 1. The molecule has 63 heavy (non-hydrogen) atoms. The fourth-order valence-electron chi connectivity index (χ4n) is 8.33. The smallest absolute Gasteiger partial charge is 0.187 e. The number of hydrogen-bond donors (Lipinski definition) is 4. The van der Waals surface area contributed by atoms with Crippen molar-refractivity contribution in [2.75, 3.05) is 26.4 Å². The zero-order valence-electron chi connectivity index (χ0n) is 35.6. The number of carbonyl (C=O) groups excluding carboxylic acids is 1. The Labute approximate surface area is 369 Å². The number of hydrogen-bond acceptors (Lipinski definition) is 13. The first-order valence-electron chi connectivity index (χ1n) is 21.7. The molecule has 0 bridgehead atoms. The van der Waals surface area contributed by atoms with Gasteiger partial charge in [-0.1, -0.05) is 127 Å². The minimum absolute atomic E-state index is 0.0147. The average molecular weight is 869 g/mol. The minimum atomic E-state index is -1.56. The van der Waals surface area contributed by atoms with Gasteiger partial charge in [-0.05, 0) is 47.6 Å². The number of rotatable bonds is 21. The Kier molecular flexibility index (Phi) is 17.6. The van der Waals surface area contributed by atoms with Crippen LogP contribution in [0.4, 0.5) is 0 Å². The van der Waals surface area contributed by atoms with E-state index in [2.05, 4.69) is 0 Å². The Hall–Kier alpha value is -4.19. The summed E-state index contributed by atoms with van der Waals surface area (Å²) in [4.78, 5) is 13.1. The summed E-state index contributed by atoms with van der Waals surface area (Å²) in [5.74, 6) is -0.724. The van der Waals surface area contributed by atoms with Crippen LogP contribution in [0, 0.1) is 11.8 Å². The molecule has 338 valence electrons. The second kappa shape index (κ2) is 23.7. The number of aliphatic hydroxyl groups excluding tert-OH is 4. The summed E-state index contributed by atoms with van der Waals surface area (Å²) in [6, 6.07) is 39.5. The number of Topliss-reactive ketones (excluding diaryl/α,β-unsaturated/α-hetero) is 1. The zero-order valence-corrected chi connectivity index (χ0v) is 35.6.